The van der Waals surface area contributed by atoms with Gasteiger partial charge in [0.1, 0.15) is 5.75 Å². The molecule has 1 heterocycles. The zero-order valence-corrected chi connectivity index (χ0v) is 15.1. The van der Waals surface area contributed by atoms with Crippen molar-refractivity contribution >= 4 is 5.91 Å². The topological polar surface area (TPSA) is 50.8 Å². The second kappa shape index (κ2) is 9.04. The van der Waals surface area contributed by atoms with Gasteiger partial charge in [0.05, 0.1) is 19.8 Å². The number of nitrogens with zero attached hydrogens (tertiary/aromatic N) is 1. The van der Waals surface area contributed by atoms with E-state index in [0.29, 0.717) is 26.0 Å². The summed E-state index contributed by atoms with van der Waals surface area (Å²) in [5, 5.41) is 3.08. The van der Waals surface area contributed by atoms with Crippen LogP contribution in [0.25, 0.3) is 0 Å². The summed E-state index contributed by atoms with van der Waals surface area (Å²) >= 11 is 0. The van der Waals surface area contributed by atoms with E-state index in [2.05, 4.69) is 24.1 Å². The molecular formula is C19H30N2O3. The largest absolute Gasteiger partial charge is 0.494 e. The second-order valence-electron chi connectivity index (χ2n) is 6.73. The number of morpholine rings is 1. The lowest BCUT2D eigenvalue weighted by Gasteiger charge is -2.40. The standard InChI is InChI=1S/C19H30N2O3/c1-4-24-17-8-6-5-7-16(17)9-10-18(22)20-15-19(2,3)21-11-13-23-14-12-21/h5-8H,4,9-15H2,1-3H3,(H,20,22). The summed E-state index contributed by atoms with van der Waals surface area (Å²) < 4.78 is 11.0. The molecular weight excluding hydrogens is 304 g/mol. The average Bonchev–Trinajstić information content (AvgIpc) is 2.60. The summed E-state index contributed by atoms with van der Waals surface area (Å²) in [6, 6.07) is 7.92. The van der Waals surface area contributed by atoms with E-state index >= 15 is 0 Å². The molecule has 1 amide bonds. The molecule has 24 heavy (non-hydrogen) atoms. The van der Waals surface area contributed by atoms with Gasteiger partial charge >= 0.3 is 0 Å². The van der Waals surface area contributed by atoms with Crippen molar-refractivity contribution in [3.8, 4) is 5.75 Å². The van der Waals surface area contributed by atoms with E-state index in [9.17, 15) is 4.79 Å². The third kappa shape index (κ3) is 5.49. The molecule has 0 atom stereocenters. The molecule has 0 unspecified atom stereocenters. The van der Waals surface area contributed by atoms with Gasteiger partial charge in [-0.2, -0.15) is 0 Å². The summed E-state index contributed by atoms with van der Waals surface area (Å²) in [5.41, 5.74) is 1.03. The highest BCUT2D eigenvalue weighted by molar-refractivity contribution is 5.76. The van der Waals surface area contributed by atoms with Gasteiger partial charge in [0.2, 0.25) is 5.91 Å². The molecule has 1 aliphatic rings. The highest BCUT2D eigenvalue weighted by atomic mass is 16.5. The second-order valence-corrected chi connectivity index (χ2v) is 6.73. The van der Waals surface area contributed by atoms with Crippen molar-refractivity contribution < 1.29 is 14.3 Å². The first-order valence-corrected chi connectivity index (χ1v) is 8.83. The molecule has 1 fully saturated rings. The van der Waals surface area contributed by atoms with Gasteiger partial charge in [-0.3, -0.25) is 9.69 Å². The zero-order chi connectivity index (χ0) is 17.4. The minimum absolute atomic E-state index is 0.0529. The maximum absolute atomic E-state index is 12.2. The lowest BCUT2D eigenvalue weighted by molar-refractivity contribution is -0.121. The molecule has 0 spiro atoms. The number of amides is 1. The van der Waals surface area contributed by atoms with Crippen molar-refractivity contribution in [2.45, 2.75) is 39.2 Å². The third-order valence-electron chi connectivity index (χ3n) is 4.48. The monoisotopic (exact) mass is 334 g/mol. The number of ether oxygens (including phenoxy) is 2. The van der Waals surface area contributed by atoms with E-state index in [1.807, 2.05) is 31.2 Å². The lowest BCUT2D eigenvalue weighted by atomic mass is 10.0. The Labute approximate surface area is 145 Å². The van der Waals surface area contributed by atoms with Crippen LogP contribution >= 0.6 is 0 Å². The average molecular weight is 334 g/mol. The van der Waals surface area contributed by atoms with E-state index in [4.69, 9.17) is 9.47 Å². The number of nitrogens with one attached hydrogen (secondary N) is 1. The highest BCUT2D eigenvalue weighted by Crippen LogP contribution is 2.19. The van der Waals surface area contributed by atoms with Gasteiger partial charge in [0, 0.05) is 31.6 Å². The maximum Gasteiger partial charge on any atom is 0.220 e. The van der Waals surface area contributed by atoms with Crippen LogP contribution in [0.15, 0.2) is 24.3 Å². The molecule has 1 saturated heterocycles. The first kappa shape index (κ1) is 18.7. The third-order valence-corrected chi connectivity index (χ3v) is 4.48. The molecule has 5 nitrogen and oxygen atoms in total. The minimum atomic E-state index is -0.0529. The zero-order valence-electron chi connectivity index (χ0n) is 15.1. The number of carbonyl (C=O) groups is 1. The fourth-order valence-electron chi connectivity index (χ4n) is 2.94. The Hall–Kier alpha value is -1.59. The summed E-state index contributed by atoms with van der Waals surface area (Å²) in [7, 11) is 0. The number of hydrogen-bond acceptors (Lipinski definition) is 4. The summed E-state index contributed by atoms with van der Waals surface area (Å²) in [5.74, 6) is 0.962. The molecule has 0 radical (unpaired) electrons. The number of carbonyl (C=O) groups excluding carboxylic acids is 1. The van der Waals surface area contributed by atoms with Crippen LogP contribution in [0.3, 0.4) is 0 Å². The summed E-state index contributed by atoms with van der Waals surface area (Å²) in [6.07, 6.45) is 1.17. The number of para-hydroxylation sites is 1. The van der Waals surface area contributed by atoms with Gasteiger partial charge in [-0.1, -0.05) is 18.2 Å². The Morgan fingerprint density at radius 1 is 1.29 bits per heavy atom. The first-order chi connectivity index (χ1) is 11.5. The summed E-state index contributed by atoms with van der Waals surface area (Å²) in [4.78, 5) is 14.6. The predicted molar refractivity (Wildman–Crippen MR) is 95.4 cm³/mol. The van der Waals surface area contributed by atoms with Crippen LogP contribution in [0, 0.1) is 0 Å². The van der Waals surface area contributed by atoms with Crippen LogP contribution in [-0.4, -0.2) is 55.8 Å². The van der Waals surface area contributed by atoms with Gasteiger partial charge in [-0.15, -0.1) is 0 Å². The number of aryl methyl sites for hydroxylation is 1. The molecule has 5 heteroatoms. The molecule has 0 aliphatic carbocycles. The fourth-order valence-corrected chi connectivity index (χ4v) is 2.94. The van der Waals surface area contributed by atoms with Crippen LogP contribution < -0.4 is 10.1 Å². The van der Waals surface area contributed by atoms with Gasteiger partial charge in [0.25, 0.3) is 0 Å². The van der Waals surface area contributed by atoms with Crippen molar-refractivity contribution in [3.63, 3.8) is 0 Å². The van der Waals surface area contributed by atoms with Gasteiger partial charge < -0.3 is 14.8 Å². The van der Waals surface area contributed by atoms with E-state index in [1.165, 1.54) is 0 Å². The van der Waals surface area contributed by atoms with Crippen LogP contribution in [0.2, 0.25) is 0 Å². The Morgan fingerprint density at radius 3 is 2.71 bits per heavy atom. The van der Waals surface area contributed by atoms with Crippen LogP contribution in [0.5, 0.6) is 5.75 Å². The number of rotatable bonds is 8. The van der Waals surface area contributed by atoms with Gasteiger partial charge in [-0.05, 0) is 38.8 Å². The van der Waals surface area contributed by atoms with E-state index in [0.717, 1.165) is 37.6 Å². The SMILES string of the molecule is CCOc1ccccc1CCC(=O)NCC(C)(C)N1CCOCC1. The predicted octanol–water partition coefficient (Wildman–Crippen LogP) is 2.24. The van der Waals surface area contributed by atoms with Gasteiger partial charge in [0.15, 0.2) is 0 Å². The van der Waals surface area contributed by atoms with Crippen molar-refractivity contribution in [2.75, 3.05) is 39.5 Å². The van der Waals surface area contributed by atoms with Crippen LogP contribution in [0.1, 0.15) is 32.8 Å². The molecule has 0 bridgehead atoms. The number of hydrogen-bond donors (Lipinski definition) is 1. The van der Waals surface area contributed by atoms with E-state index in [-0.39, 0.29) is 11.4 Å². The lowest BCUT2D eigenvalue weighted by Crippen LogP contribution is -2.55. The first-order valence-electron chi connectivity index (χ1n) is 8.83. The Balaban J connectivity index is 1.79. The van der Waals surface area contributed by atoms with Crippen LogP contribution in [0.4, 0.5) is 0 Å². The Kier molecular flexibility index (Phi) is 7.06. The van der Waals surface area contributed by atoms with E-state index < -0.39 is 0 Å². The van der Waals surface area contributed by atoms with Crippen molar-refractivity contribution in [2.24, 2.45) is 0 Å². The Morgan fingerprint density at radius 2 is 2.00 bits per heavy atom. The molecule has 0 aromatic heterocycles. The number of benzene rings is 1. The minimum Gasteiger partial charge on any atom is -0.494 e. The Bertz CT molecular complexity index is 525. The molecule has 1 aromatic carbocycles. The normalized spacial score (nSPS) is 16.0. The highest BCUT2D eigenvalue weighted by Gasteiger charge is 2.28. The molecule has 2 rings (SSSR count). The molecule has 1 aromatic rings. The molecule has 134 valence electrons. The fraction of sp³-hybridized carbons (Fsp3) is 0.632. The van der Waals surface area contributed by atoms with Crippen molar-refractivity contribution in [3.05, 3.63) is 29.8 Å². The van der Waals surface area contributed by atoms with E-state index in [1.54, 1.807) is 0 Å². The van der Waals surface area contributed by atoms with Gasteiger partial charge in [-0.25, -0.2) is 0 Å². The van der Waals surface area contributed by atoms with Crippen LogP contribution in [-0.2, 0) is 16.0 Å². The molecule has 1 aliphatic heterocycles. The molecule has 0 saturated carbocycles. The maximum atomic E-state index is 12.2. The molecule has 1 N–H and O–H groups in total. The summed E-state index contributed by atoms with van der Waals surface area (Å²) in [6.45, 7) is 11.0. The quantitative estimate of drug-likeness (QED) is 0.792. The van der Waals surface area contributed by atoms with Crippen molar-refractivity contribution in [1.29, 1.82) is 0 Å². The smallest absolute Gasteiger partial charge is 0.220 e. The van der Waals surface area contributed by atoms with Crippen molar-refractivity contribution in [1.82, 2.24) is 10.2 Å².